The van der Waals surface area contributed by atoms with Crippen LogP contribution in [-0.4, -0.2) is 31.2 Å². The molecule has 1 atom stereocenters. The van der Waals surface area contributed by atoms with Gasteiger partial charge in [-0.3, -0.25) is 13.8 Å². The summed E-state index contributed by atoms with van der Waals surface area (Å²) in [4.78, 5) is 20.4. The van der Waals surface area contributed by atoms with Crippen LogP contribution in [0.3, 0.4) is 0 Å². The monoisotopic (exact) mass is 361 g/mol. The number of pyridine rings is 1. The second-order valence-corrected chi connectivity index (χ2v) is 6.26. The fourth-order valence-electron chi connectivity index (χ4n) is 2.69. The van der Waals surface area contributed by atoms with Crippen molar-refractivity contribution in [2.75, 3.05) is 7.11 Å². The fraction of sp³-hybridized carbons (Fsp3) is 0.133. The highest BCUT2D eigenvalue weighted by Crippen LogP contribution is 2.31. The Kier molecular flexibility index (Phi) is 3.37. The van der Waals surface area contributed by atoms with Crippen molar-refractivity contribution >= 4 is 43.1 Å². The van der Waals surface area contributed by atoms with Crippen molar-refractivity contribution in [1.82, 2.24) is 24.1 Å². The predicted molar refractivity (Wildman–Crippen MR) is 96.7 cm³/mol. The lowest BCUT2D eigenvalue weighted by molar-refractivity contribution is 0.415. The summed E-state index contributed by atoms with van der Waals surface area (Å²) in [6.45, 7) is 0. The normalized spacial score (nSPS) is 11.5. The molecule has 0 aliphatic carbocycles. The molecule has 0 radical (unpaired) electrons. The van der Waals surface area contributed by atoms with E-state index in [4.69, 9.17) is 16.3 Å². The number of rotatable bonds is 2. The second kappa shape index (κ2) is 5.33. The number of halogens is 1. The van der Waals surface area contributed by atoms with E-state index in [1.54, 1.807) is 25.0 Å². The first-order chi connectivity index (χ1) is 11.5. The van der Waals surface area contributed by atoms with E-state index in [-0.39, 0.29) is 16.1 Å². The summed E-state index contributed by atoms with van der Waals surface area (Å²) in [6, 6.07) is 5.45. The van der Waals surface area contributed by atoms with Crippen molar-refractivity contribution in [3.05, 3.63) is 39.8 Å². The molecule has 24 heavy (non-hydrogen) atoms. The summed E-state index contributed by atoms with van der Waals surface area (Å²) < 4.78 is 8.27. The Morgan fingerprint density at radius 1 is 1.38 bits per heavy atom. The summed E-state index contributed by atoms with van der Waals surface area (Å²) in [7, 11) is 5.77. The fourth-order valence-corrected chi connectivity index (χ4v) is 3.31. The minimum absolute atomic E-state index is 0.267. The van der Waals surface area contributed by atoms with Gasteiger partial charge in [0.2, 0.25) is 0 Å². The number of benzene rings is 1. The van der Waals surface area contributed by atoms with E-state index in [9.17, 15) is 4.79 Å². The number of ether oxygens (including phenoxy) is 1. The third kappa shape index (κ3) is 2.12. The maximum atomic E-state index is 12.7. The van der Waals surface area contributed by atoms with Gasteiger partial charge >= 0.3 is 0 Å². The molecule has 4 aromatic rings. The van der Waals surface area contributed by atoms with Crippen LogP contribution in [0.15, 0.2) is 29.2 Å². The largest absolute Gasteiger partial charge is 0.497 e. The van der Waals surface area contributed by atoms with Crippen molar-refractivity contribution in [2.24, 2.45) is 7.05 Å². The summed E-state index contributed by atoms with van der Waals surface area (Å²) in [5, 5.41) is 4.61. The van der Waals surface area contributed by atoms with Gasteiger partial charge in [-0.2, -0.15) is 5.10 Å². The molecule has 9 heteroatoms. The summed E-state index contributed by atoms with van der Waals surface area (Å²) in [5.41, 5.74) is 2.68. The SMILES string of the molecule is COc1ccc2nc(-c3c(Cl)c4nn(C)cc4n(P)c3=O)[nH]c2c1. The molecule has 7 nitrogen and oxygen atoms in total. The van der Waals surface area contributed by atoms with Gasteiger partial charge in [-0.25, -0.2) is 4.98 Å². The highest BCUT2D eigenvalue weighted by molar-refractivity contribution is 7.14. The van der Waals surface area contributed by atoms with Gasteiger partial charge in [-0.05, 0) is 21.5 Å². The molecule has 0 amide bonds. The van der Waals surface area contributed by atoms with E-state index in [1.165, 1.54) is 4.34 Å². The van der Waals surface area contributed by atoms with E-state index in [0.717, 1.165) is 11.0 Å². The number of hydrogen-bond donors (Lipinski definition) is 1. The molecular formula is C15H13ClN5O2P. The molecule has 0 spiro atoms. The number of H-pyrrole nitrogens is 1. The average Bonchev–Trinajstić information content (AvgIpc) is 3.15. The average molecular weight is 362 g/mol. The van der Waals surface area contributed by atoms with Crippen molar-refractivity contribution in [3.63, 3.8) is 0 Å². The van der Waals surface area contributed by atoms with Crippen LogP contribution in [0.5, 0.6) is 5.75 Å². The Bertz CT molecular complexity index is 1160. The molecule has 1 unspecified atom stereocenters. The van der Waals surface area contributed by atoms with Gasteiger partial charge in [0, 0.05) is 19.3 Å². The zero-order valence-electron chi connectivity index (χ0n) is 12.9. The minimum atomic E-state index is -0.267. The van der Waals surface area contributed by atoms with E-state index in [1.807, 2.05) is 18.2 Å². The van der Waals surface area contributed by atoms with E-state index >= 15 is 0 Å². The molecule has 3 heterocycles. The first-order valence-electron chi connectivity index (χ1n) is 7.06. The van der Waals surface area contributed by atoms with Crippen molar-refractivity contribution < 1.29 is 4.74 Å². The van der Waals surface area contributed by atoms with Crippen LogP contribution in [0.1, 0.15) is 0 Å². The van der Waals surface area contributed by atoms with Gasteiger partial charge in [0.05, 0.1) is 28.7 Å². The molecular weight excluding hydrogens is 349 g/mol. The van der Waals surface area contributed by atoms with Crippen LogP contribution in [0, 0.1) is 0 Å². The smallest absolute Gasteiger partial charge is 0.266 e. The lowest BCUT2D eigenvalue weighted by Gasteiger charge is -2.05. The third-order valence-corrected chi connectivity index (χ3v) is 4.74. The van der Waals surface area contributed by atoms with Gasteiger partial charge in [0.25, 0.3) is 5.56 Å². The van der Waals surface area contributed by atoms with Crippen LogP contribution in [0.25, 0.3) is 33.5 Å². The van der Waals surface area contributed by atoms with Crippen LogP contribution in [-0.2, 0) is 7.05 Å². The maximum absolute atomic E-state index is 12.7. The van der Waals surface area contributed by atoms with Crippen molar-refractivity contribution in [1.29, 1.82) is 0 Å². The Hall–Kier alpha value is -2.37. The predicted octanol–water partition coefficient (Wildman–Crippen LogP) is 2.58. The zero-order chi connectivity index (χ0) is 17.0. The van der Waals surface area contributed by atoms with Crippen LogP contribution in [0.2, 0.25) is 5.02 Å². The standard InChI is InChI=1S/C15H13ClN5O2P/c1-20-6-10-13(19-20)12(16)11(15(22)21(10)24)14-17-8-4-3-7(23-2)5-9(8)18-14/h3-6H,24H2,1-2H3,(H,17,18). The molecule has 122 valence electrons. The molecule has 4 rings (SSSR count). The molecule has 0 aliphatic rings. The van der Waals surface area contributed by atoms with Gasteiger partial charge in [-0.1, -0.05) is 11.6 Å². The highest BCUT2D eigenvalue weighted by atomic mass is 35.5. The number of aryl methyl sites for hydroxylation is 1. The molecule has 1 N–H and O–H groups in total. The lowest BCUT2D eigenvalue weighted by atomic mass is 10.2. The van der Waals surface area contributed by atoms with E-state index in [0.29, 0.717) is 22.6 Å². The van der Waals surface area contributed by atoms with E-state index < -0.39 is 0 Å². The molecule has 0 fully saturated rings. The van der Waals surface area contributed by atoms with Gasteiger partial charge in [0.1, 0.15) is 22.7 Å². The van der Waals surface area contributed by atoms with Crippen LogP contribution in [0.4, 0.5) is 0 Å². The number of aromatic nitrogens is 5. The number of nitrogens with one attached hydrogen (secondary N) is 1. The molecule has 0 aliphatic heterocycles. The number of fused-ring (bicyclic) bond motifs is 2. The summed E-state index contributed by atoms with van der Waals surface area (Å²) in [5.74, 6) is 1.10. The Labute approximate surface area is 143 Å². The molecule has 0 saturated carbocycles. The molecule has 1 aromatic carbocycles. The third-order valence-electron chi connectivity index (χ3n) is 3.85. The van der Waals surface area contributed by atoms with Gasteiger partial charge in [-0.15, -0.1) is 0 Å². The van der Waals surface area contributed by atoms with Gasteiger partial charge in [0.15, 0.2) is 0 Å². The van der Waals surface area contributed by atoms with Gasteiger partial charge < -0.3 is 9.72 Å². The second-order valence-electron chi connectivity index (χ2n) is 5.37. The minimum Gasteiger partial charge on any atom is -0.497 e. The van der Waals surface area contributed by atoms with E-state index in [2.05, 4.69) is 24.5 Å². The number of hydrogen-bond acceptors (Lipinski definition) is 4. The Morgan fingerprint density at radius 2 is 2.17 bits per heavy atom. The summed E-state index contributed by atoms with van der Waals surface area (Å²) >= 11 is 6.47. The van der Waals surface area contributed by atoms with Crippen LogP contribution >= 0.6 is 21.0 Å². The Morgan fingerprint density at radius 3 is 2.92 bits per heavy atom. The lowest BCUT2D eigenvalue weighted by Crippen LogP contribution is -2.16. The number of methoxy groups -OCH3 is 1. The first kappa shape index (κ1) is 15.2. The zero-order valence-corrected chi connectivity index (χ0v) is 14.8. The van der Waals surface area contributed by atoms with Crippen molar-refractivity contribution in [2.45, 2.75) is 0 Å². The van der Waals surface area contributed by atoms with Crippen molar-refractivity contribution in [3.8, 4) is 17.1 Å². The highest BCUT2D eigenvalue weighted by Gasteiger charge is 2.20. The first-order valence-corrected chi connectivity index (χ1v) is 7.96. The number of imidazole rings is 1. The Balaban J connectivity index is 2.04. The molecule has 0 saturated heterocycles. The summed E-state index contributed by atoms with van der Waals surface area (Å²) in [6.07, 6.45) is 1.74. The topological polar surface area (TPSA) is 77.7 Å². The quantitative estimate of drug-likeness (QED) is 0.557. The molecule has 0 bridgehead atoms. The molecule has 3 aromatic heterocycles. The number of nitrogens with zero attached hydrogens (tertiary/aromatic N) is 4. The van der Waals surface area contributed by atoms with Crippen LogP contribution < -0.4 is 10.3 Å². The maximum Gasteiger partial charge on any atom is 0.266 e. The number of aromatic amines is 1.